The molecule has 97 heavy (non-hydrogen) atoms. The molecular formula is C70H79BrF15N5O6. The van der Waals surface area contributed by atoms with Crippen molar-refractivity contribution in [1.29, 1.82) is 0 Å². The van der Waals surface area contributed by atoms with Gasteiger partial charge in [-0.1, -0.05) is 51.1 Å². The molecule has 3 saturated carbocycles. The Hall–Kier alpha value is -6.87. The Morgan fingerprint density at radius 3 is 1.15 bits per heavy atom. The summed E-state index contributed by atoms with van der Waals surface area (Å²) in [7, 11) is 0. The topological polar surface area (TPSA) is 99.7 Å². The number of pyridine rings is 2. The minimum Gasteiger partial charge on any atom is -0.490 e. The van der Waals surface area contributed by atoms with Gasteiger partial charge in [0.1, 0.15) is 29.7 Å². The van der Waals surface area contributed by atoms with Crippen molar-refractivity contribution < 1.29 is 95.7 Å². The largest absolute Gasteiger partial charge is 0.490 e. The molecule has 27 heteroatoms. The van der Waals surface area contributed by atoms with Crippen molar-refractivity contribution in [3.05, 3.63) is 160 Å². The third-order valence-electron chi connectivity index (χ3n) is 17.9. The smallest absolute Gasteiger partial charge is 0.433 e. The third kappa shape index (κ3) is 20.2. The third-order valence-corrected chi connectivity index (χ3v) is 18.3. The van der Waals surface area contributed by atoms with Crippen LogP contribution in [0.2, 0.25) is 0 Å². The van der Waals surface area contributed by atoms with Gasteiger partial charge in [-0.05, 0) is 158 Å². The molecule has 3 unspecified atom stereocenters. The lowest BCUT2D eigenvalue weighted by Crippen LogP contribution is -2.47. The Labute approximate surface area is 563 Å². The molecule has 4 aromatic carbocycles. The van der Waals surface area contributed by atoms with E-state index in [4.69, 9.17) is 28.4 Å². The van der Waals surface area contributed by atoms with Gasteiger partial charge in [-0.2, -0.15) is 65.9 Å². The molecule has 6 aromatic rings. The van der Waals surface area contributed by atoms with Gasteiger partial charge >= 0.3 is 30.9 Å². The first-order valence-electron chi connectivity index (χ1n) is 32.4. The van der Waals surface area contributed by atoms with Gasteiger partial charge in [-0.25, -0.2) is 4.98 Å². The van der Waals surface area contributed by atoms with Crippen LogP contribution in [0.3, 0.4) is 0 Å². The van der Waals surface area contributed by atoms with Crippen molar-refractivity contribution in [2.75, 3.05) is 64.0 Å². The van der Waals surface area contributed by atoms with Gasteiger partial charge in [0.05, 0.1) is 48.4 Å². The summed E-state index contributed by atoms with van der Waals surface area (Å²) in [5, 5.41) is 3.38. The SMILES string of the molecule is CCCOc1cc(C(F)(F)F)ccc1OC1[C@@H]2CC[C@H]1CN(Cc1ccccc1)C2.CCCOc1cc(C(F)(F)F)ccc1OC1[C@@H]2CC[C@H]1CN(c1ccc(C(F)(F)F)nc1)C2.CCCOc1cc(C(F)(F)F)ccc1OC1[C@@H]2CC[C@H]1CNC2.FC(F)(F)c1ccc(Br)cn1.[HH]. The van der Waals surface area contributed by atoms with Gasteiger partial charge in [0.15, 0.2) is 34.5 Å². The molecule has 6 fully saturated rings. The van der Waals surface area contributed by atoms with E-state index in [1.807, 2.05) is 31.7 Å². The molecule has 11 nitrogen and oxygen atoms in total. The molecule has 2 aromatic heterocycles. The molecule has 6 aliphatic rings. The lowest BCUT2D eigenvalue weighted by atomic mass is 9.94. The Morgan fingerprint density at radius 1 is 0.433 bits per heavy atom. The van der Waals surface area contributed by atoms with Crippen LogP contribution in [0.4, 0.5) is 71.5 Å². The number of hydrogen-bond acceptors (Lipinski definition) is 11. The second-order valence-electron chi connectivity index (χ2n) is 25.1. The highest BCUT2D eigenvalue weighted by molar-refractivity contribution is 9.10. The predicted molar refractivity (Wildman–Crippen MR) is 339 cm³/mol. The molecule has 1 N–H and O–H groups in total. The number of hydrogen-bond donors (Lipinski definition) is 1. The number of halogens is 16. The van der Waals surface area contributed by atoms with Gasteiger partial charge in [0, 0.05) is 93.4 Å². The minimum absolute atomic E-state index is 0. The van der Waals surface area contributed by atoms with Crippen LogP contribution in [0.1, 0.15) is 114 Å². The van der Waals surface area contributed by atoms with Gasteiger partial charge < -0.3 is 38.6 Å². The Balaban J connectivity index is 0.000000175. The van der Waals surface area contributed by atoms with E-state index in [2.05, 4.69) is 60.4 Å². The maximum atomic E-state index is 13.1. The van der Waals surface area contributed by atoms with E-state index >= 15 is 0 Å². The van der Waals surface area contributed by atoms with E-state index < -0.39 is 59.0 Å². The number of nitrogens with zero attached hydrogens (tertiary/aromatic N) is 4. The Bertz CT molecular complexity index is 3420. The van der Waals surface area contributed by atoms with E-state index in [1.165, 1.54) is 42.1 Å². The predicted octanol–water partition coefficient (Wildman–Crippen LogP) is 19.0. The number of piperidine rings is 3. The zero-order chi connectivity index (χ0) is 69.9. The monoisotopic (exact) mass is 1450 g/mol. The van der Waals surface area contributed by atoms with Crippen molar-refractivity contribution in [2.24, 2.45) is 35.5 Å². The quantitative estimate of drug-likeness (QED) is 0.0833. The summed E-state index contributed by atoms with van der Waals surface area (Å²) in [6.45, 7) is 12.5. The van der Waals surface area contributed by atoms with Crippen LogP contribution in [0.25, 0.3) is 0 Å². The zero-order valence-corrected chi connectivity index (χ0v) is 55.0. The summed E-state index contributed by atoms with van der Waals surface area (Å²) in [5.74, 6) is 3.39. The molecule has 9 atom stereocenters. The normalized spacial score (nSPS) is 23.0. The van der Waals surface area contributed by atoms with E-state index in [9.17, 15) is 65.9 Å². The summed E-state index contributed by atoms with van der Waals surface area (Å²) >= 11 is 2.98. The van der Waals surface area contributed by atoms with E-state index in [1.54, 1.807) is 0 Å². The second-order valence-corrected chi connectivity index (χ2v) is 26.0. The molecule has 0 amide bonds. The fourth-order valence-electron chi connectivity index (χ4n) is 13.3. The highest BCUT2D eigenvalue weighted by Gasteiger charge is 2.47. The van der Waals surface area contributed by atoms with Crippen molar-refractivity contribution in [1.82, 2.24) is 20.2 Å². The van der Waals surface area contributed by atoms with Gasteiger partial charge in [0.25, 0.3) is 0 Å². The summed E-state index contributed by atoms with van der Waals surface area (Å²) in [6, 6.07) is 25.4. The molecule has 3 saturated heterocycles. The van der Waals surface area contributed by atoms with Crippen molar-refractivity contribution in [3.8, 4) is 34.5 Å². The van der Waals surface area contributed by atoms with Crippen molar-refractivity contribution in [2.45, 2.75) is 134 Å². The molecule has 3 aliphatic heterocycles. The summed E-state index contributed by atoms with van der Waals surface area (Å²) in [6.07, 6.45) is -11.6. The second kappa shape index (κ2) is 32.4. The summed E-state index contributed by atoms with van der Waals surface area (Å²) < 4.78 is 227. The minimum atomic E-state index is -4.49. The first-order chi connectivity index (χ1) is 46.0. The number of anilines is 1. The number of rotatable bonds is 18. The molecular weight excluding hydrogens is 1370 g/mol. The lowest BCUT2D eigenvalue weighted by molar-refractivity contribution is -0.141. The first kappa shape index (κ1) is 74.4. The average Bonchev–Trinajstić information content (AvgIpc) is 1.62. The average molecular weight is 1450 g/mol. The zero-order valence-electron chi connectivity index (χ0n) is 53.5. The van der Waals surface area contributed by atoms with Gasteiger partial charge in [-0.15, -0.1) is 0 Å². The molecule has 5 heterocycles. The number of likely N-dealkylation sites (tertiary alicyclic amines) is 1. The Morgan fingerprint density at radius 2 is 0.804 bits per heavy atom. The number of aromatic nitrogens is 2. The number of fused-ring (bicyclic) bond motifs is 6. The highest BCUT2D eigenvalue weighted by Crippen LogP contribution is 2.47. The van der Waals surface area contributed by atoms with Crippen LogP contribution in [0, 0.1) is 35.5 Å². The molecule has 6 bridgehead atoms. The summed E-state index contributed by atoms with van der Waals surface area (Å²) in [5.41, 5.74) is -2.11. The molecule has 12 rings (SSSR count). The molecule has 0 spiro atoms. The molecule has 3 aliphatic carbocycles. The number of nitrogens with one attached hydrogen (secondary N) is 1. The lowest BCUT2D eigenvalue weighted by Gasteiger charge is -2.39. The first-order valence-corrected chi connectivity index (χ1v) is 33.2. The van der Waals surface area contributed by atoms with Crippen LogP contribution >= 0.6 is 15.9 Å². The highest BCUT2D eigenvalue weighted by atomic mass is 79.9. The molecule has 0 radical (unpaired) electrons. The van der Waals surface area contributed by atoms with Crippen LogP contribution in [-0.2, 0) is 37.4 Å². The van der Waals surface area contributed by atoms with Gasteiger partial charge in [-0.3, -0.25) is 9.88 Å². The van der Waals surface area contributed by atoms with Gasteiger partial charge in [0.2, 0.25) is 0 Å². The summed E-state index contributed by atoms with van der Waals surface area (Å²) in [4.78, 5) is 11.2. The van der Waals surface area contributed by atoms with Crippen LogP contribution in [0.15, 0.2) is 126 Å². The number of benzene rings is 4. The standard InChI is InChI=1S/C24H28F3NO2.C23H24F6N2O2.C17H22F3NO2.C6H3BrF3N.H2/c1-2-12-29-22-13-20(24(25,26)27)10-11-21(22)30-23-18-8-9-19(23)16-28(15-18)14-17-6-4-3-5-7-17;1-2-9-32-19-10-16(22(24,25)26)5-7-18(19)33-21-14-3-4-15(21)13-31(12-14)17-6-8-20(30-11-17)23(27,28)29;1-2-7-22-15-8-13(17(18,19)20)5-6-14(15)23-16-11-3-4-12(16)10-21-9-11;7-4-1-2-5(11-3-4)6(8,9)10;/h3-7,10-11,13,18-19,23H,2,8-9,12,14-16H2,1H3;5-8,10-11,14-15,21H,2-4,9,12-13H2,1H3;5-6,8,11-12,16,21H,2-4,7,9-10H2,1H3;1-3H;1H/t18-,19+,23?;14-,15+,21?;11-,12+,16?;;. The van der Waals surface area contributed by atoms with Crippen LogP contribution < -0.4 is 38.6 Å². The fraction of sp³-hybridized carbons (Fsp3) is 0.514. The van der Waals surface area contributed by atoms with E-state index in [0.717, 1.165) is 139 Å². The Kier molecular flexibility index (Phi) is 24.9. The van der Waals surface area contributed by atoms with E-state index in [0.29, 0.717) is 78.1 Å². The van der Waals surface area contributed by atoms with Crippen molar-refractivity contribution >= 4 is 21.6 Å². The molecule has 532 valence electrons. The number of ether oxygens (including phenoxy) is 6. The van der Waals surface area contributed by atoms with Crippen LogP contribution in [-0.4, -0.2) is 92.3 Å². The maximum absolute atomic E-state index is 13.1. The van der Waals surface area contributed by atoms with E-state index in [-0.39, 0.29) is 61.2 Å². The maximum Gasteiger partial charge on any atom is 0.433 e. The van der Waals surface area contributed by atoms with Crippen molar-refractivity contribution in [3.63, 3.8) is 0 Å². The van der Waals surface area contributed by atoms with Crippen LogP contribution in [0.5, 0.6) is 34.5 Å². The number of alkyl halides is 15. The fourth-order valence-corrected chi connectivity index (χ4v) is 13.5.